The Bertz CT molecular complexity index is 372. The second kappa shape index (κ2) is 6.92. The van der Waals surface area contributed by atoms with Gasteiger partial charge in [-0.2, -0.15) is 0 Å². The van der Waals surface area contributed by atoms with Crippen molar-refractivity contribution in [3.05, 3.63) is 12.7 Å². The molecule has 0 spiro atoms. The van der Waals surface area contributed by atoms with Crippen LogP contribution in [0.5, 0.6) is 0 Å². The molecule has 0 rings (SSSR count). The normalized spacial score (nSPS) is 12.3. The fourth-order valence-corrected chi connectivity index (χ4v) is 1.28. The predicted octanol–water partition coefficient (Wildman–Crippen LogP) is 0.0502. The van der Waals surface area contributed by atoms with Crippen molar-refractivity contribution >= 4 is 17.7 Å². The lowest BCUT2D eigenvalue weighted by Gasteiger charge is -2.24. The maximum atomic E-state index is 11.7. The van der Waals surface area contributed by atoms with E-state index in [1.54, 1.807) is 6.92 Å². The summed E-state index contributed by atoms with van der Waals surface area (Å²) in [5.41, 5.74) is -0.355. The van der Waals surface area contributed by atoms with Crippen molar-refractivity contribution in [2.75, 3.05) is 13.6 Å². The fourth-order valence-electron chi connectivity index (χ4n) is 1.28. The molecule has 0 saturated carbocycles. The van der Waals surface area contributed by atoms with Crippen LogP contribution in [0.1, 0.15) is 27.7 Å². The lowest BCUT2D eigenvalue weighted by molar-refractivity contribution is -0.133. The number of nitrogens with zero attached hydrogens (tertiary/aromatic N) is 1. The van der Waals surface area contributed by atoms with Crippen LogP contribution in [0.25, 0.3) is 0 Å². The molecule has 1 unspecified atom stereocenters. The van der Waals surface area contributed by atoms with Crippen molar-refractivity contribution in [1.29, 1.82) is 0 Å². The first-order valence-electron chi connectivity index (χ1n) is 6.05. The molecular weight excluding hydrogens is 246 g/mol. The maximum absolute atomic E-state index is 11.7. The molecule has 2 N–H and O–H groups in total. The molecule has 19 heavy (non-hydrogen) atoms. The van der Waals surface area contributed by atoms with Crippen LogP contribution in [0, 0.1) is 0 Å². The Kier molecular flexibility index (Phi) is 6.24. The molecule has 0 heterocycles. The standard InChI is InChI=1S/C13H23N3O3/c1-7-11(18)16(6)8-10(17)14-9(2)12(19)15-13(3,4)5/h7,9H,1,8H2,2-6H3,(H,14,17)(H,15,19). The molecule has 6 nitrogen and oxygen atoms in total. The zero-order chi connectivity index (χ0) is 15.2. The van der Waals surface area contributed by atoms with Gasteiger partial charge in [0.15, 0.2) is 0 Å². The van der Waals surface area contributed by atoms with Gasteiger partial charge >= 0.3 is 0 Å². The summed E-state index contributed by atoms with van der Waals surface area (Å²) in [6, 6.07) is -0.654. The van der Waals surface area contributed by atoms with E-state index in [2.05, 4.69) is 17.2 Å². The third-order valence-electron chi connectivity index (χ3n) is 2.20. The van der Waals surface area contributed by atoms with Gasteiger partial charge in [0.1, 0.15) is 6.04 Å². The van der Waals surface area contributed by atoms with Gasteiger partial charge in [0.05, 0.1) is 6.54 Å². The summed E-state index contributed by atoms with van der Waals surface area (Å²) in [7, 11) is 1.49. The highest BCUT2D eigenvalue weighted by Crippen LogP contribution is 1.99. The van der Waals surface area contributed by atoms with E-state index >= 15 is 0 Å². The maximum Gasteiger partial charge on any atom is 0.246 e. The van der Waals surface area contributed by atoms with Crippen LogP contribution in [0.15, 0.2) is 12.7 Å². The van der Waals surface area contributed by atoms with Gasteiger partial charge in [-0.15, -0.1) is 0 Å². The predicted molar refractivity (Wildman–Crippen MR) is 73.3 cm³/mol. The van der Waals surface area contributed by atoms with Gasteiger partial charge in [0.2, 0.25) is 17.7 Å². The molecule has 0 aliphatic rings. The second-order valence-electron chi connectivity index (χ2n) is 5.43. The monoisotopic (exact) mass is 269 g/mol. The number of carbonyl (C=O) groups is 3. The number of nitrogens with one attached hydrogen (secondary N) is 2. The number of carbonyl (C=O) groups excluding carboxylic acids is 3. The quantitative estimate of drug-likeness (QED) is 0.692. The Hall–Kier alpha value is -1.85. The first-order valence-corrected chi connectivity index (χ1v) is 6.05. The van der Waals surface area contributed by atoms with E-state index in [4.69, 9.17) is 0 Å². The first kappa shape index (κ1) is 17.2. The van der Waals surface area contributed by atoms with Gasteiger partial charge in [-0.05, 0) is 33.8 Å². The molecule has 0 aromatic rings. The Balaban J connectivity index is 4.30. The van der Waals surface area contributed by atoms with E-state index in [1.807, 2.05) is 20.8 Å². The van der Waals surface area contributed by atoms with Crippen molar-refractivity contribution in [3.8, 4) is 0 Å². The molecule has 108 valence electrons. The molecule has 0 aliphatic heterocycles. The van der Waals surface area contributed by atoms with E-state index in [0.29, 0.717) is 0 Å². The van der Waals surface area contributed by atoms with E-state index in [9.17, 15) is 14.4 Å². The van der Waals surface area contributed by atoms with E-state index < -0.39 is 11.9 Å². The molecule has 0 aromatic carbocycles. The van der Waals surface area contributed by atoms with Crippen LogP contribution < -0.4 is 10.6 Å². The van der Waals surface area contributed by atoms with E-state index in [0.717, 1.165) is 6.08 Å². The zero-order valence-corrected chi connectivity index (χ0v) is 12.2. The van der Waals surface area contributed by atoms with Crippen molar-refractivity contribution in [2.45, 2.75) is 39.3 Å². The highest BCUT2D eigenvalue weighted by atomic mass is 16.2. The number of hydrogen-bond acceptors (Lipinski definition) is 3. The lowest BCUT2D eigenvalue weighted by atomic mass is 10.1. The van der Waals surface area contributed by atoms with Crippen molar-refractivity contribution < 1.29 is 14.4 Å². The minimum atomic E-state index is -0.654. The topological polar surface area (TPSA) is 78.5 Å². The average Bonchev–Trinajstić information content (AvgIpc) is 2.25. The van der Waals surface area contributed by atoms with Gasteiger partial charge in [-0.1, -0.05) is 6.58 Å². The van der Waals surface area contributed by atoms with Crippen molar-refractivity contribution in [2.24, 2.45) is 0 Å². The minimum absolute atomic E-state index is 0.113. The number of amides is 3. The Morgan fingerprint density at radius 1 is 1.32 bits per heavy atom. The molecule has 3 amide bonds. The third kappa shape index (κ3) is 7.23. The van der Waals surface area contributed by atoms with Crippen LogP contribution in [-0.4, -0.2) is 47.8 Å². The molecule has 0 bridgehead atoms. The minimum Gasteiger partial charge on any atom is -0.350 e. The Labute approximate surface area is 114 Å². The van der Waals surface area contributed by atoms with Gasteiger partial charge in [-0.3, -0.25) is 14.4 Å². The molecule has 1 atom stereocenters. The summed E-state index contributed by atoms with van der Waals surface area (Å²) in [5, 5.41) is 5.29. The molecular formula is C13H23N3O3. The first-order chi connectivity index (χ1) is 8.56. The smallest absolute Gasteiger partial charge is 0.246 e. The fraction of sp³-hybridized carbons (Fsp3) is 0.615. The summed E-state index contributed by atoms with van der Waals surface area (Å²) in [4.78, 5) is 35.8. The zero-order valence-electron chi connectivity index (χ0n) is 12.2. The summed E-state index contributed by atoms with van der Waals surface area (Å²) in [6.45, 7) is 10.4. The van der Waals surface area contributed by atoms with Crippen LogP contribution in [0.4, 0.5) is 0 Å². The Morgan fingerprint density at radius 2 is 1.84 bits per heavy atom. The van der Waals surface area contributed by atoms with Gasteiger partial charge in [0, 0.05) is 12.6 Å². The largest absolute Gasteiger partial charge is 0.350 e. The molecule has 0 saturated heterocycles. The molecule has 0 aliphatic carbocycles. The molecule has 6 heteroatoms. The van der Waals surface area contributed by atoms with Gasteiger partial charge < -0.3 is 15.5 Å². The van der Waals surface area contributed by atoms with E-state index in [-0.39, 0.29) is 23.9 Å². The molecule has 0 radical (unpaired) electrons. The van der Waals surface area contributed by atoms with Crippen LogP contribution >= 0.6 is 0 Å². The second-order valence-corrected chi connectivity index (χ2v) is 5.43. The highest BCUT2D eigenvalue weighted by molar-refractivity contribution is 5.92. The number of rotatable bonds is 5. The summed E-state index contributed by atoms with van der Waals surface area (Å²) in [5.74, 6) is -1.00. The van der Waals surface area contributed by atoms with Gasteiger partial charge in [0.25, 0.3) is 0 Å². The highest BCUT2D eigenvalue weighted by Gasteiger charge is 2.21. The molecule has 0 aromatic heterocycles. The SMILES string of the molecule is C=CC(=O)N(C)CC(=O)NC(C)C(=O)NC(C)(C)C. The van der Waals surface area contributed by atoms with Crippen molar-refractivity contribution in [1.82, 2.24) is 15.5 Å². The average molecular weight is 269 g/mol. The van der Waals surface area contributed by atoms with Gasteiger partial charge in [-0.25, -0.2) is 0 Å². The van der Waals surface area contributed by atoms with Crippen molar-refractivity contribution in [3.63, 3.8) is 0 Å². The summed E-state index contributed by atoms with van der Waals surface area (Å²) >= 11 is 0. The van der Waals surface area contributed by atoms with Crippen LogP contribution in [-0.2, 0) is 14.4 Å². The molecule has 0 fully saturated rings. The van der Waals surface area contributed by atoms with E-state index in [1.165, 1.54) is 11.9 Å². The summed E-state index contributed by atoms with van der Waals surface area (Å²) < 4.78 is 0. The Morgan fingerprint density at radius 3 is 2.26 bits per heavy atom. The van der Waals surface area contributed by atoms with Crippen LogP contribution in [0.2, 0.25) is 0 Å². The van der Waals surface area contributed by atoms with Crippen LogP contribution in [0.3, 0.4) is 0 Å². The number of hydrogen-bond donors (Lipinski definition) is 2. The lowest BCUT2D eigenvalue weighted by Crippen LogP contribution is -2.52. The summed E-state index contributed by atoms with van der Waals surface area (Å²) in [6.07, 6.45) is 1.13. The third-order valence-corrected chi connectivity index (χ3v) is 2.20. The number of likely N-dealkylation sites (N-methyl/N-ethyl adjacent to an activating group) is 1.